The maximum absolute atomic E-state index is 12.6. The second-order valence-corrected chi connectivity index (χ2v) is 7.54. The molecule has 0 saturated heterocycles. The summed E-state index contributed by atoms with van der Waals surface area (Å²) in [5.41, 5.74) is 1.36. The maximum Gasteiger partial charge on any atom is 0.262 e. The van der Waals surface area contributed by atoms with Crippen LogP contribution in [0.3, 0.4) is 0 Å². The van der Waals surface area contributed by atoms with E-state index in [-0.39, 0.29) is 11.5 Å². The van der Waals surface area contributed by atoms with Crippen molar-refractivity contribution in [2.75, 3.05) is 18.5 Å². The van der Waals surface area contributed by atoms with Crippen LogP contribution in [0, 0.1) is 4.77 Å². The van der Waals surface area contributed by atoms with Gasteiger partial charge in [0.15, 0.2) is 16.3 Å². The fourth-order valence-corrected chi connectivity index (χ4v) is 3.76. The van der Waals surface area contributed by atoms with Crippen LogP contribution in [0.15, 0.2) is 47.3 Å². The molecule has 1 aliphatic heterocycles. The number of carbonyl (C=O) groups is 1. The molecule has 0 saturated carbocycles. The summed E-state index contributed by atoms with van der Waals surface area (Å²) >= 11 is 5.33. The zero-order chi connectivity index (χ0) is 20.9. The zero-order valence-corrected chi connectivity index (χ0v) is 17.3. The number of amides is 1. The third-order valence-corrected chi connectivity index (χ3v) is 5.32. The van der Waals surface area contributed by atoms with E-state index in [1.165, 1.54) is 0 Å². The van der Waals surface area contributed by atoms with Gasteiger partial charge in [0.2, 0.25) is 5.91 Å². The van der Waals surface area contributed by atoms with Gasteiger partial charge in [0, 0.05) is 24.7 Å². The summed E-state index contributed by atoms with van der Waals surface area (Å²) in [6, 6.07) is 12.7. The van der Waals surface area contributed by atoms with E-state index < -0.39 is 0 Å². The van der Waals surface area contributed by atoms with E-state index in [1.54, 1.807) is 28.8 Å². The number of carbonyl (C=O) groups excluding carboxylic acids is 1. The number of para-hydroxylation sites is 1. The lowest BCUT2D eigenvalue weighted by atomic mass is 10.1. The molecule has 156 valence electrons. The molecule has 0 bridgehead atoms. The molecule has 2 aromatic carbocycles. The van der Waals surface area contributed by atoms with Crippen LogP contribution in [-0.2, 0) is 11.3 Å². The number of nitrogens with zero attached hydrogens (tertiary/aromatic N) is 1. The van der Waals surface area contributed by atoms with Gasteiger partial charge in [-0.05, 0) is 49.3 Å². The average Bonchev–Trinajstić information content (AvgIpc) is 2.75. The SMILES string of the molecule is O=C(CCCCCn1c(=S)[nH]c2ccccc2c1=O)Nc1ccc2c(c1)OCCO2. The number of aromatic amines is 1. The third kappa shape index (κ3) is 4.54. The molecule has 2 heterocycles. The lowest BCUT2D eigenvalue weighted by Gasteiger charge is -2.19. The minimum Gasteiger partial charge on any atom is -0.486 e. The summed E-state index contributed by atoms with van der Waals surface area (Å²) in [6.45, 7) is 1.58. The van der Waals surface area contributed by atoms with Crippen LogP contribution in [0.5, 0.6) is 11.5 Å². The number of hydrogen-bond acceptors (Lipinski definition) is 5. The number of aromatic nitrogens is 2. The first-order valence-electron chi connectivity index (χ1n) is 10.0. The van der Waals surface area contributed by atoms with Gasteiger partial charge in [0.1, 0.15) is 13.2 Å². The maximum atomic E-state index is 12.6. The van der Waals surface area contributed by atoms with Crippen molar-refractivity contribution in [3.63, 3.8) is 0 Å². The Hall–Kier alpha value is -3.13. The first-order valence-corrected chi connectivity index (χ1v) is 10.4. The standard InChI is InChI=1S/C22H23N3O4S/c26-20(23-15-9-10-18-19(14-15)29-13-12-28-18)8-2-1-5-11-25-21(27)16-6-3-4-7-17(16)24-22(25)30/h3-4,6-7,9-10,14H,1-2,5,8,11-13H2,(H,23,26)(H,24,30). The summed E-state index contributed by atoms with van der Waals surface area (Å²) in [5.74, 6) is 1.30. The van der Waals surface area contributed by atoms with E-state index in [4.69, 9.17) is 21.7 Å². The molecule has 0 unspecified atom stereocenters. The second kappa shape index (κ2) is 9.13. The van der Waals surface area contributed by atoms with Gasteiger partial charge in [-0.15, -0.1) is 0 Å². The van der Waals surface area contributed by atoms with Crippen molar-refractivity contribution in [1.29, 1.82) is 0 Å². The molecule has 1 amide bonds. The highest BCUT2D eigenvalue weighted by Crippen LogP contribution is 2.32. The first kappa shape index (κ1) is 20.2. The molecule has 3 aromatic rings. The number of anilines is 1. The molecule has 7 nitrogen and oxygen atoms in total. The number of rotatable bonds is 7. The molecule has 0 aliphatic carbocycles. The first-order chi connectivity index (χ1) is 14.6. The lowest BCUT2D eigenvalue weighted by Crippen LogP contribution is -2.22. The monoisotopic (exact) mass is 425 g/mol. The van der Waals surface area contributed by atoms with Gasteiger partial charge in [-0.25, -0.2) is 0 Å². The number of fused-ring (bicyclic) bond motifs is 2. The van der Waals surface area contributed by atoms with Gasteiger partial charge in [-0.3, -0.25) is 14.2 Å². The molecule has 30 heavy (non-hydrogen) atoms. The van der Waals surface area contributed by atoms with Crippen LogP contribution < -0.4 is 20.3 Å². The van der Waals surface area contributed by atoms with E-state index in [2.05, 4.69) is 10.3 Å². The minimum absolute atomic E-state index is 0.0492. The molecule has 0 spiro atoms. The molecule has 4 rings (SSSR count). The van der Waals surface area contributed by atoms with Gasteiger partial charge >= 0.3 is 0 Å². The Morgan fingerprint density at radius 3 is 2.73 bits per heavy atom. The highest BCUT2D eigenvalue weighted by Gasteiger charge is 2.12. The fraction of sp³-hybridized carbons (Fsp3) is 0.318. The van der Waals surface area contributed by atoms with Crippen LogP contribution in [0.2, 0.25) is 0 Å². The highest BCUT2D eigenvalue weighted by molar-refractivity contribution is 7.71. The third-order valence-electron chi connectivity index (χ3n) is 5.00. The quantitative estimate of drug-likeness (QED) is 0.441. The van der Waals surface area contributed by atoms with E-state index in [9.17, 15) is 9.59 Å². The van der Waals surface area contributed by atoms with Gasteiger partial charge in [-0.1, -0.05) is 18.6 Å². The van der Waals surface area contributed by atoms with Crippen molar-refractivity contribution in [3.05, 3.63) is 57.6 Å². The Labute approximate surface area is 178 Å². The van der Waals surface area contributed by atoms with E-state index in [1.807, 2.05) is 18.2 Å². The summed E-state index contributed by atoms with van der Waals surface area (Å²) in [5, 5.41) is 3.52. The predicted molar refractivity (Wildman–Crippen MR) is 118 cm³/mol. The van der Waals surface area contributed by atoms with Crippen LogP contribution in [0.1, 0.15) is 25.7 Å². The number of ether oxygens (including phenoxy) is 2. The lowest BCUT2D eigenvalue weighted by molar-refractivity contribution is -0.116. The van der Waals surface area contributed by atoms with Gasteiger partial charge in [0.05, 0.1) is 10.9 Å². The number of nitrogens with one attached hydrogen (secondary N) is 2. The molecule has 1 aliphatic rings. The van der Waals surface area contributed by atoms with Gasteiger partial charge in [-0.2, -0.15) is 0 Å². The van der Waals surface area contributed by atoms with Crippen molar-refractivity contribution >= 4 is 34.7 Å². The number of unbranched alkanes of at least 4 members (excludes halogenated alkanes) is 2. The number of H-pyrrole nitrogens is 1. The molecule has 0 radical (unpaired) electrons. The Bertz CT molecular complexity index is 1180. The summed E-state index contributed by atoms with van der Waals surface area (Å²) < 4.78 is 13.0. The molecule has 8 heteroatoms. The van der Waals surface area contributed by atoms with Crippen molar-refractivity contribution in [2.24, 2.45) is 0 Å². The van der Waals surface area contributed by atoms with Crippen LogP contribution in [0.4, 0.5) is 5.69 Å². The average molecular weight is 426 g/mol. The number of hydrogen-bond donors (Lipinski definition) is 2. The normalized spacial score (nSPS) is 12.7. The van der Waals surface area contributed by atoms with E-state index >= 15 is 0 Å². The van der Waals surface area contributed by atoms with Crippen molar-refractivity contribution in [1.82, 2.24) is 9.55 Å². The van der Waals surface area contributed by atoms with Crippen LogP contribution in [0.25, 0.3) is 10.9 Å². The van der Waals surface area contributed by atoms with Crippen molar-refractivity contribution in [2.45, 2.75) is 32.2 Å². The summed E-state index contributed by atoms with van der Waals surface area (Å²) in [4.78, 5) is 27.9. The summed E-state index contributed by atoms with van der Waals surface area (Å²) in [7, 11) is 0. The minimum atomic E-state index is -0.0781. The fourth-order valence-electron chi connectivity index (χ4n) is 3.48. The molecular weight excluding hydrogens is 402 g/mol. The Morgan fingerprint density at radius 1 is 1.07 bits per heavy atom. The smallest absolute Gasteiger partial charge is 0.262 e. The molecule has 1 aromatic heterocycles. The highest BCUT2D eigenvalue weighted by atomic mass is 32.1. The van der Waals surface area contributed by atoms with E-state index in [0.717, 1.165) is 24.8 Å². The largest absolute Gasteiger partial charge is 0.486 e. The molecular formula is C22H23N3O4S. The molecule has 2 N–H and O–H groups in total. The van der Waals surface area contributed by atoms with E-state index in [0.29, 0.717) is 53.5 Å². The van der Waals surface area contributed by atoms with Crippen molar-refractivity contribution in [3.8, 4) is 11.5 Å². The zero-order valence-electron chi connectivity index (χ0n) is 16.5. The Balaban J connectivity index is 1.26. The summed E-state index contributed by atoms with van der Waals surface area (Å²) in [6.07, 6.45) is 2.73. The Morgan fingerprint density at radius 2 is 1.87 bits per heavy atom. The molecule has 0 atom stereocenters. The van der Waals surface area contributed by atoms with Crippen molar-refractivity contribution < 1.29 is 14.3 Å². The van der Waals surface area contributed by atoms with Crippen LogP contribution in [-0.4, -0.2) is 28.7 Å². The van der Waals surface area contributed by atoms with Gasteiger partial charge < -0.3 is 19.8 Å². The second-order valence-electron chi connectivity index (χ2n) is 7.15. The molecule has 0 fully saturated rings. The topological polar surface area (TPSA) is 85.4 Å². The number of benzene rings is 2. The predicted octanol–water partition coefficient (Wildman–Crippen LogP) is 4.03. The van der Waals surface area contributed by atoms with Crippen LogP contribution >= 0.6 is 12.2 Å². The van der Waals surface area contributed by atoms with Gasteiger partial charge in [0.25, 0.3) is 5.56 Å². The Kier molecular flexibility index (Phi) is 6.13.